The van der Waals surface area contributed by atoms with Gasteiger partial charge in [0.2, 0.25) is 0 Å². The van der Waals surface area contributed by atoms with Crippen molar-refractivity contribution in [2.24, 2.45) is 5.14 Å². The van der Waals surface area contributed by atoms with Crippen LogP contribution in [0.15, 0.2) is 22.5 Å². The van der Waals surface area contributed by atoms with Gasteiger partial charge in [-0.3, -0.25) is 0 Å². The van der Waals surface area contributed by atoms with Gasteiger partial charge in [-0.15, -0.1) is 23.7 Å². The third kappa shape index (κ3) is 1.86. The predicted octanol–water partition coefficient (Wildman–Crippen LogP) is 1.30. The first-order chi connectivity index (χ1) is 5.57. The number of nitrogens with two attached hydrogens (primary N) is 1. The van der Waals surface area contributed by atoms with Gasteiger partial charge in [-0.05, 0) is 17.5 Å². The normalized spacial score (nSPS) is 11.5. The summed E-state index contributed by atoms with van der Waals surface area (Å²) < 4.78 is 21.7. The van der Waals surface area contributed by atoms with Crippen LogP contribution in [0.2, 0.25) is 0 Å². The summed E-state index contributed by atoms with van der Waals surface area (Å²) in [5.41, 5.74) is 0. The molecule has 72 valence electrons. The maximum absolute atomic E-state index is 10.9. The van der Waals surface area contributed by atoms with Crippen LogP contribution in [0.1, 0.15) is 0 Å². The number of halogens is 1. The number of thiophene rings is 1. The molecule has 0 atom stereocenters. The Kier molecular flexibility index (Phi) is 2.67. The van der Waals surface area contributed by atoms with Crippen molar-refractivity contribution in [1.29, 1.82) is 0 Å². The molecule has 0 radical (unpaired) electrons. The molecule has 0 amide bonds. The van der Waals surface area contributed by atoms with Gasteiger partial charge in [-0.1, -0.05) is 0 Å². The number of rotatable bonds is 1. The van der Waals surface area contributed by atoms with E-state index in [0.717, 1.165) is 10.2 Å². The number of primary sulfonamides is 1. The third-order valence-electron chi connectivity index (χ3n) is 1.53. The number of sulfonamides is 1. The Hall–Kier alpha value is -0.560. The first-order valence-corrected chi connectivity index (χ1v) is 5.59. The van der Waals surface area contributed by atoms with E-state index in [9.17, 15) is 8.42 Å². The first kappa shape index (κ1) is 10.5. The molecular weight excluding hydrogens is 232 g/mol. The zero-order valence-corrected chi connectivity index (χ0v) is 8.80. The fourth-order valence-electron chi connectivity index (χ4n) is 0.977. The van der Waals surface area contributed by atoms with Crippen LogP contribution in [0.5, 0.6) is 0 Å². The largest absolute Gasteiger partial charge is 0.336 e. The zero-order valence-electron chi connectivity index (χ0n) is 6.35. The lowest BCUT2D eigenvalue weighted by Crippen LogP contribution is -2.12. The van der Waals surface area contributed by atoms with Crippen LogP contribution in [0.25, 0.3) is 10.2 Å². The molecule has 0 saturated carbocycles. The summed E-state index contributed by atoms with van der Waals surface area (Å²) in [6, 6.07) is 3.37. The van der Waals surface area contributed by atoms with Gasteiger partial charge in [0.05, 0.1) is 0 Å². The first-order valence-electron chi connectivity index (χ1n) is 3.16. The van der Waals surface area contributed by atoms with Gasteiger partial charge < -0.3 is 4.98 Å². The molecule has 0 fully saturated rings. The van der Waals surface area contributed by atoms with Crippen LogP contribution in [0.3, 0.4) is 0 Å². The van der Waals surface area contributed by atoms with Crippen molar-refractivity contribution in [3.05, 3.63) is 17.5 Å². The van der Waals surface area contributed by atoms with Crippen molar-refractivity contribution < 1.29 is 8.42 Å². The smallest absolute Gasteiger partial charge is 0.253 e. The van der Waals surface area contributed by atoms with Crippen LogP contribution >= 0.6 is 23.7 Å². The van der Waals surface area contributed by atoms with Gasteiger partial charge in [-0.2, -0.15) is 0 Å². The van der Waals surface area contributed by atoms with Crippen LogP contribution in [0.4, 0.5) is 0 Å². The average Bonchev–Trinajstić information content (AvgIpc) is 2.37. The Morgan fingerprint density at radius 1 is 1.46 bits per heavy atom. The van der Waals surface area contributed by atoms with Gasteiger partial charge in [0, 0.05) is 5.39 Å². The number of hydrogen-bond donors (Lipinski definition) is 2. The zero-order chi connectivity index (χ0) is 8.77. The second-order valence-electron chi connectivity index (χ2n) is 2.38. The summed E-state index contributed by atoms with van der Waals surface area (Å²) in [7, 11) is -3.58. The summed E-state index contributed by atoms with van der Waals surface area (Å²) in [4.78, 5) is 3.55. The Morgan fingerprint density at radius 3 is 2.69 bits per heavy atom. The number of aromatic nitrogens is 1. The Balaban J connectivity index is 0.000000845. The molecule has 2 aromatic heterocycles. The molecule has 2 rings (SSSR count). The standard InChI is InChI=1S/C6H6N2O2S2.ClH/c7-12(9,10)5-3-4-1-2-11-6(4)8-5;/h1-3,8H,(H2,7,9,10);1H. The second kappa shape index (κ2) is 3.30. The number of hydrogen-bond acceptors (Lipinski definition) is 3. The number of aromatic amines is 1. The van der Waals surface area contributed by atoms with E-state index in [1.807, 2.05) is 11.4 Å². The molecule has 0 aliphatic rings. The number of H-pyrrole nitrogens is 1. The molecule has 0 bridgehead atoms. The van der Waals surface area contributed by atoms with E-state index >= 15 is 0 Å². The van der Waals surface area contributed by atoms with Crippen LogP contribution in [-0.4, -0.2) is 13.4 Å². The lowest BCUT2D eigenvalue weighted by atomic mass is 10.4. The third-order valence-corrected chi connectivity index (χ3v) is 3.20. The SMILES string of the molecule is Cl.NS(=O)(=O)c1cc2ccsc2[nH]1. The molecule has 13 heavy (non-hydrogen) atoms. The van der Waals surface area contributed by atoms with Gasteiger partial charge >= 0.3 is 0 Å². The minimum atomic E-state index is -3.58. The van der Waals surface area contributed by atoms with E-state index in [2.05, 4.69) is 4.98 Å². The lowest BCUT2D eigenvalue weighted by Gasteiger charge is -1.88. The fraction of sp³-hybridized carbons (Fsp3) is 0. The molecule has 0 unspecified atom stereocenters. The summed E-state index contributed by atoms with van der Waals surface area (Å²) in [6.45, 7) is 0. The lowest BCUT2D eigenvalue weighted by molar-refractivity contribution is 0.595. The molecule has 2 aromatic rings. The van der Waals surface area contributed by atoms with Gasteiger partial charge in [0.1, 0.15) is 9.86 Å². The van der Waals surface area contributed by atoms with E-state index < -0.39 is 10.0 Å². The summed E-state index contributed by atoms with van der Waals surface area (Å²) in [6.07, 6.45) is 0. The minimum Gasteiger partial charge on any atom is -0.336 e. The monoisotopic (exact) mass is 238 g/mol. The molecule has 4 nitrogen and oxygen atoms in total. The highest BCUT2D eigenvalue weighted by atomic mass is 35.5. The van der Waals surface area contributed by atoms with E-state index in [4.69, 9.17) is 5.14 Å². The number of fused-ring (bicyclic) bond motifs is 1. The van der Waals surface area contributed by atoms with Gasteiger partial charge in [0.25, 0.3) is 10.0 Å². The van der Waals surface area contributed by atoms with Gasteiger partial charge in [0.15, 0.2) is 0 Å². The second-order valence-corrected chi connectivity index (χ2v) is 4.83. The fourth-order valence-corrected chi connectivity index (χ4v) is 2.36. The maximum Gasteiger partial charge on any atom is 0.253 e. The van der Waals surface area contributed by atoms with Crippen LogP contribution in [-0.2, 0) is 10.0 Å². The average molecular weight is 239 g/mol. The summed E-state index contributed by atoms with van der Waals surface area (Å²) >= 11 is 1.45. The maximum atomic E-state index is 10.9. The quantitative estimate of drug-likeness (QED) is 0.786. The molecule has 7 heteroatoms. The molecule has 0 saturated heterocycles. The Bertz CT molecular complexity index is 485. The molecule has 0 aromatic carbocycles. The van der Waals surface area contributed by atoms with Crippen molar-refractivity contribution in [2.75, 3.05) is 0 Å². The van der Waals surface area contributed by atoms with Crippen molar-refractivity contribution in [1.82, 2.24) is 4.98 Å². The van der Waals surface area contributed by atoms with E-state index in [1.54, 1.807) is 0 Å². The van der Waals surface area contributed by atoms with Crippen molar-refractivity contribution in [3.63, 3.8) is 0 Å². The van der Waals surface area contributed by atoms with E-state index in [1.165, 1.54) is 17.4 Å². The summed E-state index contributed by atoms with van der Waals surface area (Å²) in [5, 5.41) is 7.76. The van der Waals surface area contributed by atoms with Crippen LogP contribution < -0.4 is 5.14 Å². The molecule has 0 aliphatic carbocycles. The topological polar surface area (TPSA) is 76.0 Å². The minimum absolute atomic E-state index is 0. The highest BCUT2D eigenvalue weighted by Gasteiger charge is 2.11. The summed E-state index contributed by atoms with van der Waals surface area (Å²) in [5.74, 6) is 0. The molecule has 2 heterocycles. The molecule has 0 spiro atoms. The molecule has 0 aliphatic heterocycles. The van der Waals surface area contributed by atoms with E-state index in [-0.39, 0.29) is 17.4 Å². The van der Waals surface area contributed by atoms with Crippen molar-refractivity contribution >= 4 is 44.0 Å². The Morgan fingerprint density at radius 2 is 2.15 bits per heavy atom. The van der Waals surface area contributed by atoms with Crippen molar-refractivity contribution in [3.8, 4) is 0 Å². The highest BCUT2D eigenvalue weighted by Crippen LogP contribution is 2.22. The number of nitrogens with one attached hydrogen (secondary N) is 1. The Labute approximate surface area is 85.2 Å². The molecule has 3 N–H and O–H groups in total. The van der Waals surface area contributed by atoms with E-state index in [0.29, 0.717) is 0 Å². The van der Waals surface area contributed by atoms with Crippen molar-refractivity contribution in [2.45, 2.75) is 5.03 Å². The predicted molar refractivity (Wildman–Crippen MR) is 54.8 cm³/mol. The van der Waals surface area contributed by atoms with Crippen LogP contribution in [0, 0.1) is 0 Å². The van der Waals surface area contributed by atoms with Gasteiger partial charge in [-0.25, -0.2) is 13.6 Å². The molecular formula is C6H7ClN2O2S2. The highest BCUT2D eigenvalue weighted by molar-refractivity contribution is 7.89.